The van der Waals surface area contributed by atoms with E-state index in [1.54, 1.807) is 6.20 Å². The molecule has 0 bridgehead atoms. The van der Waals surface area contributed by atoms with E-state index in [2.05, 4.69) is 22.1 Å². The molecule has 3 aromatic rings. The van der Waals surface area contributed by atoms with Gasteiger partial charge in [-0.05, 0) is 42.7 Å². The van der Waals surface area contributed by atoms with Gasteiger partial charge in [0.15, 0.2) is 0 Å². The Labute approximate surface area is 181 Å². The van der Waals surface area contributed by atoms with E-state index in [1.807, 2.05) is 54.6 Å². The van der Waals surface area contributed by atoms with Gasteiger partial charge in [-0.25, -0.2) is 0 Å². The number of amides is 1. The van der Waals surface area contributed by atoms with E-state index in [-0.39, 0.29) is 12.5 Å². The molecule has 1 heterocycles. The molecule has 1 saturated carbocycles. The van der Waals surface area contributed by atoms with Crippen LogP contribution in [0.5, 0.6) is 5.75 Å². The summed E-state index contributed by atoms with van der Waals surface area (Å²) in [6, 6.07) is 17.3. The van der Waals surface area contributed by atoms with Crippen molar-refractivity contribution < 1.29 is 9.53 Å². The Hall–Kier alpha value is -3.03. The fourth-order valence-electron chi connectivity index (χ4n) is 4.11. The zero-order valence-corrected chi connectivity index (χ0v) is 17.4. The molecule has 4 rings (SSSR count). The zero-order valence-electron chi connectivity index (χ0n) is 16.7. The van der Waals surface area contributed by atoms with Gasteiger partial charge in [0.1, 0.15) is 17.9 Å². The Kier molecular flexibility index (Phi) is 6.21. The first-order valence-electron chi connectivity index (χ1n) is 10.2. The number of halogens is 1. The maximum absolute atomic E-state index is 13.0. The molecule has 0 unspecified atom stereocenters. The minimum absolute atomic E-state index is 0.0378. The first-order valence-corrected chi connectivity index (χ1v) is 10.5. The van der Waals surface area contributed by atoms with Crippen molar-refractivity contribution in [2.75, 3.05) is 13.2 Å². The topological polar surface area (TPSA) is 51.2 Å². The molecule has 1 amide bonds. The highest BCUT2D eigenvalue weighted by atomic mass is 35.5. The fraction of sp³-hybridized carbons (Fsp3) is 0.280. The molecule has 1 N–H and O–H groups in total. The summed E-state index contributed by atoms with van der Waals surface area (Å²) in [7, 11) is 0. The van der Waals surface area contributed by atoms with E-state index in [0.717, 1.165) is 42.1 Å². The smallest absolute Gasteiger partial charge is 0.231 e. The number of nitrogens with one attached hydrogen (secondary N) is 1. The largest absolute Gasteiger partial charge is 0.479 e. The van der Waals surface area contributed by atoms with Gasteiger partial charge in [0.25, 0.3) is 0 Å². The number of ether oxygens (including phenoxy) is 1. The lowest BCUT2D eigenvalue weighted by molar-refractivity contribution is -0.126. The molecule has 0 atom stereocenters. The normalized spacial score (nSPS) is 14.7. The van der Waals surface area contributed by atoms with Crippen molar-refractivity contribution in [3.8, 4) is 17.6 Å². The van der Waals surface area contributed by atoms with Gasteiger partial charge in [-0.15, -0.1) is 0 Å². The Morgan fingerprint density at radius 3 is 2.63 bits per heavy atom. The molecular weight excluding hydrogens is 396 g/mol. The quantitative estimate of drug-likeness (QED) is 0.599. The molecule has 4 nitrogen and oxygen atoms in total. The van der Waals surface area contributed by atoms with Crippen LogP contribution in [-0.4, -0.2) is 24.0 Å². The van der Waals surface area contributed by atoms with Crippen molar-refractivity contribution >= 4 is 28.4 Å². The number of carbonyl (C=O) groups is 1. The molecule has 1 fully saturated rings. The van der Waals surface area contributed by atoms with Crippen LogP contribution >= 0.6 is 11.6 Å². The number of fused-ring (bicyclic) bond motifs is 1. The average molecular weight is 419 g/mol. The Balaban J connectivity index is 1.34. The van der Waals surface area contributed by atoms with Crippen molar-refractivity contribution in [1.82, 2.24) is 10.3 Å². The van der Waals surface area contributed by atoms with Crippen LogP contribution in [0.2, 0.25) is 5.02 Å². The first-order chi connectivity index (χ1) is 14.7. The fourth-order valence-corrected chi connectivity index (χ4v) is 4.23. The average Bonchev–Trinajstić information content (AvgIpc) is 3.28. The van der Waals surface area contributed by atoms with Crippen molar-refractivity contribution in [2.45, 2.75) is 31.1 Å². The maximum atomic E-state index is 13.0. The highest BCUT2D eigenvalue weighted by Crippen LogP contribution is 2.41. The van der Waals surface area contributed by atoms with E-state index < -0.39 is 5.41 Å². The lowest BCUT2D eigenvalue weighted by Gasteiger charge is -2.28. The molecule has 2 aromatic carbocycles. The zero-order chi connectivity index (χ0) is 20.8. The number of carbonyl (C=O) groups excluding carboxylic acids is 1. The van der Waals surface area contributed by atoms with Crippen LogP contribution in [0.4, 0.5) is 0 Å². The molecule has 1 aliphatic rings. The monoisotopic (exact) mass is 418 g/mol. The van der Waals surface area contributed by atoms with Crippen LogP contribution in [0, 0.1) is 11.8 Å². The number of hydrogen-bond donors (Lipinski definition) is 1. The number of rotatable bonds is 5. The lowest BCUT2D eigenvalue weighted by Crippen LogP contribution is -2.42. The molecule has 1 aliphatic carbocycles. The van der Waals surface area contributed by atoms with Gasteiger partial charge >= 0.3 is 0 Å². The van der Waals surface area contributed by atoms with Gasteiger partial charge < -0.3 is 10.1 Å². The van der Waals surface area contributed by atoms with E-state index >= 15 is 0 Å². The Morgan fingerprint density at radius 1 is 1.07 bits per heavy atom. The highest BCUT2D eigenvalue weighted by molar-refractivity contribution is 6.30. The lowest BCUT2D eigenvalue weighted by atomic mass is 9.78. The molecule has 152 valence electrons. The molecule has 0 aliphatic heterocycles. The molecule has 5 heteroatoms. The summed E-state index contributed by atoms with van der Waals surface area (Å²) in [5, 5.41) is 4.70. The van der Waals surface area contributed by atoms with Crippen molar-refractivity contribution in [2.24, 2.45) is 0 Å². The van der Waals surface area contributed by atoms with E-state index in [0.29, 0.717) is 17.3 Å². The van der Waals surface area contributed by atoms with Crippen molar-refractivity contribution in [1.29, 1.82) is 0 Å². The number of para-hydroxylation sites is 1. The van der Waals surface area contributed by atoms with Gasteiger partial charge in [0.2, 0.25) is 5.91 Å². The van der Waals surface area contributed by atoms with E-state index in [9.17, 15) is 4.79 Å². The molecular formula is C25H23ClN2O2. The predicted octanol–water partition coefficient (Wildman–Crippen LogP) is 4.90. The molecule has 0 saturated heterocycles. The van der Waals surface area contributed by atoms with Crippen LogP contribution in [0.3, 0.4) is 0 Å². The van der Waals surface area contributed by atoms with Crippen molar-refractivity contribution in [3.63, 3.8) is 0 Å². The van der Waals surface area contributed by atoms with E-state index in [1.165, 1.54) is 0 Å². The minimum atomic E-state index is -0.475. The highest BCUT2D eigenvalue weighted by Gasteiger charge is 2.42. The molecule has 30 heavy (non-hydrogen) atoms. The van der Waals surface area contributed by atoms with Gasteiger partial charge in [0, 0.05) is 16.6 Å². The second-order valence-corrected chi connectivity index (χ2v) is 7.89. The van der Waals surface area contributed by atoms with Crippen LogP contribution in [0.25, 0.3) is 10.9 Å². The number of pyridine rings is 1. The summed E-state index contributed by atoms with van der Waals surface area (Å²) in [5.74, 6) is 6.70. The van der Waals surface area contributed by atoms with E-state index in [4.69, 9.17) is 16.3 Å². The molecule has 1 aromatic heterocycles. The molecule has 0 radical (unpaired) electrons. The number of benzene rings is 2. The summed E-state index contributed by atoms with van der Waals surface area (Å²) in [6.45, 7) is 0.541. The summed E-state index contributed by atoms with van der Waals surface area (Å²) < 4.78 is 5.77. The second kappa shape index (κ2) is 9.19. The number of nitrogens with zero attached hydrogens (tertiary/aromatic N) is 1. The first kappa shape index (κ1) is 20.3. The SMILES string of the molecule is O=C(NCC#CCOc1cccc2cccnc12)C1(c2ccc(Cl)cc2)CCCC1. The van der Waals surface area contributed by atoms with Gasteiger partial charge in [-0.1, -0.05) is 66.6 Å². The number of aromatic nitrogens is 1. The Morgan fingerprint density at radius 2 is 1.83 bits per heavy atom. The summed E-state index contributed by atoms with van der Waals surface area (Å²) in [4.78, 5) is 17.4. The van der Waals surface area contributed by atoms with Gasteiger partial charge in [-0.2, -0.15) is 0 Å². The number of hydrogen-bond acceptors (Lipinski definition) is 3. The summed E-state index contributed by atoms with van der Waals surface area (Å²) in [5.41, 5.74) is 1.38. The maximum Gasteiger partial charge on any atom is 0.231 e. The van der Waals surface area contributed by atoms with Crippen molar-refractivity contribution in [3.05, 3.63) is 71.4 Å². The second-order valence-electron chi connectivity index (χ2n) is 7.45. The molecule has 0 spiro atoms. The Bertz CT molecular complexity index is 1090. The minimum Gasteiger partial charge on any atom is -0.479 e. The third-order valence-corrected chi connectivity index (χ3v) is 5.90. The van der Waals surface area contributed by atoms with Crippen LogP contribution in [0.1, 0.15) is 31.2 Å². The van der Waals surface area contributed by atoms with Crippen LogP contribution in [0.15, 0.2) is 60.8 Å². The standard InChI is InChI=1S/C25H23ClN2O2/c26-21-12-10-20(11-13-21)25(14-1-2-15-25)24(29)28-16-3-4-18-30-22-9-5-7-19-8-6-17-27-23(19)22/h5-13,17H,1-2,14-16,18H2,(H,28,29). The van der Waals surface area contributed by atoms with Crippen LogP contribution < -0.4 is 10.1 Å². The van der Waals surface area contributed by atoms with Gasteiger partial charge in [0.05, 0.1) is 12.0 Å². The van der Waals surface area contributed by atoms with Crippen LogP contribution in [-0.2, 0) is 10.2 Å². The summed E-state index contributed by atoms with van der Waals surface area (Å²) >= 11 is 6.02. The third kappa shape index (κ3) is 4.27. The van der Waals surface area contributed by atoms with Gasteiger partial charge in [-0.3, -0.25) is 9.78 Å². The summed E-state index contributed by atoms with van der Waals surface area (Å²) in [6.07, 6.45) is 5.55. The predicted molar refractivity (Wildman–Crippen MR) is 120 cm³/mol. The third-order valence-electron chi connectivity index (χ3n) is 5.65.